The molecule has 0 aliphatic carbocycles. The number of fused-ring (bicyclic) bond motifs is 3. The van der Waals surface area contributed by atoms with Gasteiger partial charge in [-0.15, -0.1) is 0 Å². The molecule has 0 fully saturated rings. The summed E-state index contributed by atoms with van der Waals surface area (Å²) >= 11 is 5.72. The second kappa shape index (κ2) is 3.41. The Balaban J connectivity index is 2.61. The Kier molecular flexibility index (Phi) is 2.17. The van der Waals surface area contributed by atoms with E-state index in [0.29, 0.717) is 0 Å². The highest BCUT2D eigenvalue weighted by Crippen LogP contribution is 2.28. The van der Waals surface area contributed by atoms with E-state index >= 15 is 0 Å². The van der Waals surface area contributed by atoms with Gasteiger partial charge in [0.05, 0.1) is 11.7 Å². The zero-order chi connectivity index (χ0) is 10.4. The molecule has 1 N–H and O–H groups in total. The summed E-state index contributed by atoms with van der Waals surface area (Å²) in [6.45, 7) is 0. The Hall–Kier alpha value is -0.690. The third-order valence-corrected chi connectivity index (χ3v) is 3.58. The van der Waals surface area contributed by atoms with Crippen molar-refractivity contribution in [1.29, 1.82) is 0 Å². The van der Waals surface area contributed by atoms with E-state index in [1.807, 2.05) is 12.1 Å². The maximum absolute atomic E-state index is 4.36. The molecule has 2 heterocycles. The Labute approximate surface area is 108 Å². The van der Waals surface area contributed by atoms with E-state index in [1.165, 1.54) is 0 Å². The smallest absolute Gasteiger partial charge is 0.112 e. The van der Waals surface area contributed by atoms with Crippen LogP contribution in [0.15, 0.2) is 28.9 Å². The lowest BCUT2D eigenvalue weighted by atomic mass is 10.1. The van der Waals surface area contributed by atoms with Crippen molar-refractivity contribution in [3.63, 3.8) is 0 Å². The predicted molar refractivity (Wildman–Crippen MR) is 71.8 cm³/mol. The van der Waals surface area contributed by atoms with Crippen LogP contribution in [0, 0.1) is 3.70 Å². The molecule has 0 saturated carbocycles. The highest BCUT2D eigenvalue weighted by atomic mass is 127. The van der Waals surface area contributed by atoms with E-state index < -0.39 is 0 Å². The first-order valence-electron chi connectivity index (χ1n) is 4.33. The molecular formula is C10H5BrIN3. The number of aromatic nitrogens is 3. The molecule has 74 valence electrons. The topological polar surface area (TPSA) is 41.6 Å². The van der Waals surface area contributed by atoms with Crippen LogP contribution in [0.4, 0.5) is 0 Å². The third-order valence-electron chi connectivity index (χ3n) is 2.30. The highest BCUT2D eigenvalue weighted by molar-refractivity contribution is 14.1. The summed E-state index contributed by atoms with van der Waals surface area (Å²) in [5, 5.41) is 9.42. The molecule has 0 aliphatic rings. The van der Waals surface area contributed by atoms with Gasteiger partial charge in [-0.05, 0) is 40.8 Å². The van der Waals surface area contributed by atoms with E-state index in [9.17, 15) is 0 Å². The fourth-order valence-electron chi connectivity index (χ4n) is 1.63. The number of nitrogens with one attached hydrogen (secondary N) is 1. The third kappa shape index (κ3) is 1.45. The molecule has 0 saturated heterocycles. The standard InChI is InChI=1S/C10H5BrIN3/c11-5-1-2-7-6(3-5)9-8(4-13-7)14-15-10(9)12/h1-4H,(H,14,15). The van der Waals surface area contributed by atoms with Gasteiger partial charge in [-0.2, -0.15) is 5.10 Å². The van der Waals surface area contributed by atoms with E-state index in [4.69, 9.17) is 0 Å². The number of rotatable bonds is 0. The van der Waals surface area contributed by atoms with Crippen LogP contribution in [0.2, 0.25) is 0 Å². The summed E-state index contributed by atoms with van der Waals surface area (Å²) in [6, 6.07) is 6.07. The number of hydrogen-bond acceptors (Lipinski definition) is 2. The monoisotopic (exact) mass is 373 g/mol. The lowest BCUT2D eigenvalue weighted by molar-refractivity contribution is 1.09. The molecule has 0 atom stereocenters. The Morgan fingerprint density at radius 2 is 2.13 bits per heavy atom. The second-order valence-electron chi connectivity index (χ2n) is 3.22. The van der Waals surface area contributed by atoms with E-state index in [0.717, 1.165) is 30.0 Å². The van der Waals surface area contributed by atoms with Gasteiger partial charge in [-0.25, -0.2) is 0 Å². The van der Waals surface area contributed by atoms with Crippen molar-refractivity contribution in [2.75, 3.05) is 0 Å². The molecule has 3 nitrogen and oxygen atoms in total. The van der Waals surface area contributed by atoms with Gasteiger partial charge in [0, 0.05) is 15.2 Å². The number of benzene rings is 1. The summed E-state index contributed by atoms with van der Waals surface area (Å²) in [5.41, 5.74) is 1.90. The minimum atomic E-state index is 0.907. The van der Waals surface area contributed by atoms with Crippen molar-refractivity contribution in [1.82, 2.24) is 15.2 Å². The van der Waals surface area contributed by atoms with Crippen LogP contribution in [0.25, 0.3) is 21.8 Å². The first kappa shape index (κ1) is 9.53. The molecule has 0 spiro atoms. The molecule has 3 aromatic rings. The van der Waals surface area contributed by atoms with Crippen molar-refractivity contribution >= 4 is 60.3 Å². The summed E-state index contributed by atoms with van der Waals surface area (Å²) < 4.78 is 2.11. The van der Waals surface area contributed by atoms with Gasteiger partial charge < -0.3 is 0 Å². The minimum absolute atomic E-state index is 0.907. The lowest BCUT2D eigenvalue weighted by Crippen LogP contribution is -1.80. The van der Waals surface area contributed by atoms with Gasteiger partial charge in [-0.1, -0.05) is 15.9 Å². The highest BCUT2D eigenvalue weighted by Gasteiger charge is 2.08. The van der Waals surface area contributed by atoms with Crippen molar-refractivity contribution in [3.8, 4) is 0 Å². The van der Waals surface area contributed by atoms with Crippen LogP contribution in [0.1, 0.15) is 0 Å². The molecule has 0 radical (unpaired) electrons. The zero-order valence-corrected chi connectivity index (χ0v) is 11.2. The molecule has 5 heteroatoms. The molecule has 0 bridgehead atoms. The van der Waals surface area contributed by atoms with E-state index in [-0.39, 0.29) is 0 Å². The van der Waals surface area contributed by atoms with Crippen molar-refractivity contribution in [3.05, 3.63) is 32.6 Å². The van der Waals surface area contributed by atoms with E-state index in [2.05, 4.69) is 59.8 Å². The molecular weight excluding hydrogens is 369 g/mol. The van der Waals surface area contributed by atoms with Gasteiger partial charge in [0.1, 0.15) is 9.22 Å². The number of halogens is 2. The molecule has 2 aromatic heterocycles. The van der Waals surface area contributed by atoms with Gasteiger partial charge in [0.25, 0.3) is 0 Å². The number of aromatic amines is 1. The van der Waals surface area contributed by atoms with Crippen LogP contribution in [0.5, 0.6) is 0 Å². The maximum atomic E-state index is 4.36. The van der Waals surface area contributed by atoms with E-state index in [1.54, 1.807) is 6.20 Å². The van der Waals surface area contributed by atoms with Gasteiger partial charge in [0.15, 0.2) is 0 Å². The maximum Gasteiger partial charge on any atom is 0.112 e. The van der Waals surface area contributed by atoms with Crippen LogP contribution in [0.3, 0.4) is 0 Å². The number of H-pyrrole nitrogens is 1. The molecule has 0 unspecified atom stereocenters. The zero-order valence-electron chi connectivity index (χ0n) is 7.46. The van der Waals surface area contributed by atoms with Gasteiger partial charge in [0.2, 0.25) is 0 Å². The number of hydrogen-bond donors (Lipinski definition) is 1. The van der Waals surface area contributed by atoms with Crippen LogP contribution in [-0.2, 0) is 0 Å². The quantitative estimate of drug-likeness (QED) is 0.613. The summed E-state index contributed by atoms with van der Waals surface area (Å²) in [5.74, 6) is 0. The lowest BCUT2D eigenvalue weighted by Gasteiger charge is -1.99. The Bertz CT molecular complexity index is 662. The van der Waals surface area contributed by atoms with Crippen molar-refractivity contribution in [2.45, 2.75) is 0 Å². The average molecular weight is 374 g/mol. The fourth-order valence-corrected chi connectivity index (χ4v) is 2.68. The van der Waals surface area contributed by atoms with Crippen molar-refractivity contribution < 1.29 is 0 Å². The normalized spacial score (nSPS) is 11.3. The molecule has 0 aliphatic heterocycles. The van der Waals surface area contributed by atoms with Gasteiger partial charge >= 0.3 is 0 Å². The SMILES string of the molecule is Brc1ccc2ncc3n[nH]c(I)c3c2c1. The Morgan fingerprint density at radius 1 is 1.27 bits per heavy atom. The van der Waals surface area contributed by atoms with Crippen molar-refractivity contribution in [2.24, 2.45) is 0 Å². The molecule has 0 amide bonds. The molecule has 3 rings (SSSR count). The largest absolute Gasteiger partial charge is 0.271 e. The first-order valence-corrected chi connectivity index (χ1v) is 6.21. The van der Waals surface area contributed by atoms with Gasteiger partial charge in [-0.3, -0.25) is 10.1 Å². The first-order chi connectivity index (χ1) is 7.25. The minimum Gasteiger partial charge on any atom is -0.271 e. The fraction of sp³-hybridized carbons (Fsp3) is 0. The van der Waals surface area contributed by atoms with Crippen LogP contribution < -0.4 is 0 Å². The van der Waals surface area contributed by atoms with Crippen LogP contribution in [-0.4, -0.2) is 15.2 Å². The number of nitrogens with zero attached hydrogens (tertiary/aromatic N) is 2. The predicted octanol–water partition coefficient (Wildman–Crippen LogP) is 3.48. The number of pyridine rings is 1. The average Bonchev–Trinajstić information content (AvgIpc) is 2.60. The Morgan fingerprint density at radius 3 is 3.00 bits per heavy atom. The molecule has 15 heavy (non-hydrogen) atoms. The van der Waals surface area contributed by atoms with Crippen LogP contribution >= 0.6 is 38.5 Å². The summed E-state index contributed by atoms with van der Waals surface area (Å²) in [6.07, 6.45) is 1.80. The molecule has 1 aromatic carbocycles. The summed E-state index contributed by atoms with van der Waals surface area (Å²) in [7, 11) is 0. The second-order valence-corrected chi connectivity index (χ2v) is 5.21. The summed E-state index contributed by atoms with van der Waals surface area (Å²) in [4.78, 5) is 4.36.